The quantitative estimate of drug-likeness (QED) is 0.624. The van der Waals surface area contributed by atoms with E-state index in [1.165, 1.54) is 0 Å². The molecule has 1 aromatic carbocycles. The SMILES string of the molecule is CCCNCC(=O)NCC(=O)Nc1ccccc1. The molecule has 5 nitrogen and oxygen atoms in total. The van der Waals surface area contributed by atoms with Crippen molar-refractivity contribution in [2.75, 3.05) is 25.0 Å². The zero-order valence-corrected chi connectivity index (χ0v) is 10.5. The third kappa shape index (κ3) is 6.00. The molecule has 0 bridgehead atoms. The van der Waals surface area contributed by atoms with Crippen molar-refractivity contribution in [3.8, 4) is 0 Å². The first-order valence-corrected chi connectivity index (χ1v) is 6.04. The number of hydrogen-bond donors (Lipinski definition) is 3. The topological polar surface area (TPSA) is 70.2 Å². The van der Waals surface area contributed by atoms with Crippen LogP contribution in [0.4, 0.5) is 5.69 Å². The summed E-state index contributed by atoms with van der Waals surface area (Å²) in [6, 6.07) is 9.13. The van der Waals surface area contributed by atoms with Crippen molar-refractivity contribution in [3.63, 3.8) is 0 Å². The van der Waals surface area contributed by atoms with Crippen LogP contribution in [0.3, 0.4) is 0 Å². The third-order valence-electron chi connectivity index (χ3n) is 2.22. The molecule has 0 aliphatic carbocycles. The molecule has 0 spiro atoms. The summed E-state index contributed by atoms with van der Waals surface area (Å²) in [5.41, 5.74) is 0.723. The van der Waals surface area contributed by atoms with Crippen LogP contribution < -0.4 is 16.0 Å². The Bertz CT molecular complexity index is 379. The monoisotopic (exact) mass is 249 g/mol. The molecule has 1 aromatic rings. The predicted molar refractivity (Wildman–Crippen MR) is 71.2 cm³/mol. The third-order valence-corrected chi connectivity index (χ3v) is 2.22. The second kappa shape index (κ2) is 8.25. The Kier molecular flexibility index (Phi) is 6.50. The summed E-state index contributed by atoms with van der Waals surface area (Å²) in [4.78, 5) is 22.8. The average molecular weight is 249 g/mol. The predicted octanol–water partition coefficient (Wildman–Crippen LogP) is 0.741. The van der Waals surface area contributed by atoms with Gasteiger partial charge >= 0.3 is 0 Å². The van der Waals surface area contributed by atoms with Crippen molar-refractivity contribution in [2.45, 2.75) is 13.3 Å². The zero-order valence-electron chi connectivity index (χ0n) is 10.5. The Morgan fingerprint density at radius 2 is 1.78 bits per heavy atom. The number of para-hydroxylation sites is 1. The molecule has 0 fully saturated rings. The number of rotatable bonds is 7. The van der Waals surface area contributed by atoms with Crippen LogP contribution >= 0.6 is 0 Å². The maximum atomic E-state index is 11.5. The minimum Gasteiger partial charge on any atom is -0.346 e. The fraction of sp³-hybridized carbons (Fsp3) is 0.385. The Labute approximate surface area is 107 Å². The summed E-state index contributed by atoms with van der Waals surface area (Å²) >= 11 is 0. The van der Waals surface area contributed by atoms with Gasteiger partial charge in [0.15, 0.2) is 0 Å². The van der Waals surface area contributed by atoms with Crippen LogP contribution in [0, 0.1) is 0 Å². The van der Waals surface area contributed by atoms with Crippen molar-refractivity contribution in [3.05, 3.63) is 30.3 Å². The summed E-state index contributed by atoms with van der Waals surface area (Å²) in [6.45, 7) is 3.05. The number of nitrogens with one attached hydrogen (secondary N) is 3. The van der Waals surface area contributed by atoms with E-state index in [1.54, 1.807) is 12.1 Å². The van der Waals surface area contributed by atoms with E-state index in [9.17, 15) is 9.59 Å². The lowest BCUT2D eigenvalue weighted by molar-refractivity contribution is -0.123. The van der Waals surface area contributed by atoms with Gasteiger partial charge in [-0.05, 0) is 25.1 Å². The molecule has 0 aliphatic heterocycles. The highest BCUT2D eigenvalue weighted by Crippen LogP contribution is 2.03. The average Bonchev–Trinajstić information content (AvgIpc) is 2.38. The molecule has 0 aromatic heterocycles. The number of anilines is 1. The van der Waals surface area contributed by atoms with Gasteiger partial charge in [-0.3, -0.25) is 9.59 Å². The first-order valence-electron chi connectivity index (χ1n) is 6.04. The van der Waals surface area contributed by atoms with Crippen molar-refractivity contribution < 1.29 is 9.59 Å². The molecule has 3 N–H and O–H groups in total. The van der Waals surface area contributed by atoms with Crippen LogP contribution in [0.1, 0.15) is 13.3 Å². The fourth-order valence-corrected chi connectivity index (χ4v) is 1.35. The van der Waals surface area contributed by atoms with E-state index >= 15 is 0 Å². The maximum Gasteiger partial charge on any atom is 0.243 e. The number of hydrogen-bond acceptors (Lipinski definition) is 3. The van der Waals surface area contributed by atoms with Crippen LogP contribution in [-0.2, 0) is 9.59 Å². The second-order valence-electron chi connectivity index (χ2n) is 3.87. The van der Waals surface area contributed by atoms with Gasteiger partial charge in [0.2, 0.25) is 11.8 Å². The van der Waals surface area contributed by atoms with E-state index in [0.717, 1.165) is 18.7 Å². The Morgan fingerprint density at radius 3 is 2.44 bits per heavy atom. The summed E-state index contributed by atoms with van der Waals surface area (Å²) in [6.07, 6.45) is 0.974. The van der Waals surface area contributed by atoms with E-state index in [-0.39, 0.29) is 24.9 Å². The van der Waals surface area contributed by atoms with E-state index in [0.29, 0.717) is 0 Å². The first-order chi connectivity index (χ1) is 8.72. The molecule has 0 radical (unpaired) electrons. The molecule has 0 heterocycles. The normalized spacial score (nSPS) is 9.83. The lowest BCUT2D eigenvalue weighted by Crippen LogP contribution is -2.38. The fourth-order valence-electron chi connectivity index (χ4n) is 1.35. The van der Waals surface area contributed by atoms with Crippen molar-refractivity contribution >= 4 is 17.5 Å². The second-order valence-corrected chi connectivity index (χ2v) is 3.87. The Morgan fingerprint density at radius 1 is 1.06 bits per heavy atom. The molecule has 1 rings (SSSR count). The molecule has 0 aliphatic rings. The van der Waals surface area contributed by atoms with Gasteiger partial charge in [0.05, 0.1) is 13.1 Å². The van der Waals surface area contributed by atoms with Crippen molar-refractivity contribution in [2.24, 2.45) is 0 Å². The molecule has 98 valence electrons. The van der Waals surface area contributed by atoms with Crippen molar-refractivity contribution in [1.82, 2.24) is 10.6 Å². The van der Waals surface area contributed by atoms with E-state index < -0.39 is 0 Å². The minimum atomic E-state index is -0.231. The standard InChI is InChI=1S/C13H19N3O2/c1-2-8-14-9-12(17)15-10-13(18)16-11-6-4-3-5-7-11/h3-7,14H,2,8-10H2,1H3,(H,15,17)(H,16,18). The van der Waals surface area contributed by atoms with Crippen LogP contribution in [0.2, 0.25) is 0 Å². The Hall–Kier alpha value is -1.88. The van der Waals surface area contributed by atoms with Crippen LogP contribution in [0.5, 0.6) is 0 Å². The highest BCUT2D eigenvalue weighted by atomic mass is 16.2. The van der Waals surface area contributed by atoms with Gasteiger partial charge in [-0.25, -0.2) is 0 Å². The highest BCUT2D eigenvalue weighted by Gasteiger charge is 2.04. The van der Waals surface area contributed by atoms with Gasteiger partial charge in [-0.2, -0.15) is 0 Å². The minimum absolute atomic E-state index is 0.0124. The summed E-state index contributed by atoms with van der Waals surface area (Å²) in [7, 11) is 0. The number of amides is 2. The van der Waals surface area contributed by atoms with Gasteiger partial charge in [0, 0.05) is 5.69 Å². The molecule has 0 saturated heterocycles. The lowest BCUT2D eigenvalue weighted by atomic mass is 10.3. The van der Waals surface area contributed by atoms with E-state index in [4.69, 9.17) is 0 Å². The van der Waals surface area contributed by atoms with Gasteiger partial charge in [-0.1, -0.05) is 25.1 Å². The summed E-state index contributed by atoms with van der Waals surface area (Å²) < 4.78 is 0. The largest absolute Gasteiger partial charge is 0.346 e. The molecular formula is C13H19N3O2. The molecule has 18 heavy (non-hydrogen) atoms. The smallest absolute Gasteiger partial charge is 0.243 e. The molecule has 5 heteroatoms. The summed E-state index contributed by atoms with van der Waals surface area (Å²) in [5.74, 6) is -0.406. The number of benzene rings is 1. The highest BCUT2D eigenvalue weighted by molar-refractivity contribution is 5.94. The van der Waals surface area contributed by atoms with E-state index in [2.05, 4.69) is 16.0 Å². The zero-order chi connectivity index (χ0) is 13.2. The number of carbonyl (C=O) groups excluding carboxylic acids is 2. The molecule has 0 atom stereocenters. The molecule has 0 saturated carbocycles. The molecule has 0 unspecified atom stereocenters. The van der Waals surface area contributed by atoms with Crippen LogP contribution in [0.15, 0.2) is 30.3 Å². The maximum absolute atomic E-state index is 11.5. The van der Waals surface area contributed by atoms with Crippen LogP contribution in [0.25, 0.3) is 0 Å². The summed E-state index contributed by atoms with van der Waals surface area (Å²) in [5, 5.41) is 8.20. The van der Waals surface area contributed by atoms with Gasteiger partial charge in [0.1, 0.15) is 0 Å². The van der Waals surface area contributed by atoms with E-state index in [1.807, 2.05) is 25.1 Å². The first kappa shape index (κ1) is 14.2. The van der Waals surface area contributed by atoms with Gasteiger partial charge < -0.3 is 16.0 Å². The van der Waals surface area contributed by atoms with Gasteiger partial charge in [0.25, 0.3) is 0 Å². The Balaban J connectivity index is 2.19. The molecule has 2 amide bonds. The molecular weight excluding hydrogens is 230 g/mol. The van der Waals surface area contributed by atoms with Gasteiger partial charge in [-0.15, -0.1) is 0 Å². The lowest BCUT2D eigenvalue weighted by Gasteiger charge is -2.07. The van der Waals surface area contributed by atoms with Crippen LogP contribution in [-0.4, -0.2) is 31.4 Å². The number of carbonyl (C=O) groups is 2. The van der Waals surface area contributed by atoms with Crippen molar-refractivity contribution in [1.29, 1.82) is 0 Å².